The molecule has 0 unspecified atom stereocenters. The molecular formula is C10H8FNO3. The minimum atomic E-state index is -0.568. The summed E-state index contributed by atoms with van der Waals surface area (Å²) < 4.78 is 18.0. The zero-order valence-electron chi connectivity index (χ0n) is 7.66. The van der Waals surface area contributed by atoms with Gasteiger partial charge in [-0.05, 0) is 18.2 Å². The highest BCUT2D eigenvalue weighted by Crippen LogP contribution is 2.22. The number of hydrogen-bond donors (Lipinski definition) is 2. The number of halogens is 1. The van der Waals surface area contributed by atoms with Crippen LogP contribution in [0.15, 0.2) is 28.9 Å². The molecule has 0 aliphatic heterocycles. The van der Waals surface area contributed by atoms with Crippen LogP contribution in [-0.4, -0.2) is 11.1 Å². The van der Waals surface area contributed by atoms with E-state index in [1.54, 1.807) is 0 Å². The van der Waals surface area contributed by atoms with Crippen molar-refractivity contribution in [3.05, 3.63) is 35.8 Å². The maximum atomic E-state index is 12.9. The van der Waals surface area contributed by atoms with Gasteiger partial charge in [0.1, 0.15) is 11.4 Å². The van der Waals surface area contributed by atoms with Crippen LogP contribution in [0.3, 0.4) is 0 Å². The molecule has 2 N–H and O–H groups in total. The summed E-state index contributed by atoms with van der Waals surface area (Å²) in [6, 6.07) is 4.06. The van der Waals surface area contributed by atoms with Crippen LogP contribution in [0.2, 0.25) is 0 Å². The minimum Gasteiger partial charge on any atom is -0.464 e. The molecule has 15 heavy (non-hydrogen) atoms. The number of carbonyl (C=O) groups is 1. The van der Waals surface area contributed by atoms with Crippen molar-refractivity contribution >= 4 is 16.9 Å². The third-order valence-electron chi connectivity index (χ3n) is 2.09. The second kappa shape index (κ2) is 3.70. The van der Waals surface area contributed by atoms with Crippen molar-refractivity contribution in [3.8, 4) is 0 Å². The number of furan rings is 1. The summed E-state index contributed by atoms with van der Waals surface area (Å²) in [5.41, 5.74) is 2.56. The van der Waals surface area contributed by atoms with Crippen molar-refractivity contribution < 1.29 is 18.8 Å². The first-order valence-electron chi connectivity index (χ1n) is 4.29. The van der Waals surface area contributed by atoms with Crippen molar-refractivity contribution in [2.75, 3.05) is 0 Å². The van der Waals surface area contributed by atoms with E-state index in [4.69, 9.17) is 9.62 Å². The molecule has 0 aliphatic carbocycles. The van der Waals surface area contributed by atoms with Crippen LogP contribution in [0.1, 0.15) is 5.56 Å². The molecular weight excluding hydrogens is 201 g/mol. The average molecular weight is 209 g/mol. The summed E-state index contributed by atoms with van der Waals surface area (Å²) in [5, 5.41) is 8.90. The highest BCUT2D eigenvalue weighted by Gasteiger charge is 2.10. The lowest BCUT2D eigenvalue weighted by molar-refractivity contribution is -0.128. The number of hydrogen-bond acceptors (Lipinski definition) is 3. The van der Waals surface area contributed by atoms with Crippen LogP contribution in [0.5, 0.6) is 0 Å². The van der Waals surface area contributed by atoms with E-state index in [9.17, 15) is 9.18 Å². The third kappa shape index (κ3) is 1.82. The highest BCUT2D eigenvalue weighted by molar-refractivity contribution is 5.87. The van der Waals surface area contributed by atoms with Gasteiger partial charge in [-0.25, -0.2) is 9.87 Å². The van der Waals surface area contributed by atoms with Gasteiger partial charge < -0.3 is 4.42 Å². The summed E-state index contributed by atoms with van der Waals surface area (Å²) in [4.78, 5) is 10.9. The summed E-state index contributed by atoms with van der Waals surface area (Å²) in [6.45, 7) is 0. The second-order valence-electron chi connectivity index (χ2n) is 3.11. The average Bonchev–Trinajstić information content (AvgIpc) is 2.61. The molecule has 0 saturated carbocycles. The van der Waals surface area contributed by atoms with E-state index in [1.165, 1.54) is 29.9 Å². The van der Waals surface area contributed by atoms with Gasteiger partial charge >= 0.3 is 0 Å². The molecule has 4 nitrogen and oxygen atoms in total. The number of benzene rings is 1. The Balaban J connectivity index is 2.43. The molecule has 5 heteroatoms. The third-order valence-corrected chi connectivity index (χ3v) is 2.09. The van der Waals surface area contributed by atoms with Crippen LogP contribution >= 0.6 is 0 Å². The topological polar surface area (TPSA) is 62.5 Å². The predicted molar refractivity (Wildman–Crippen MR) is 49.8 cm³/mol. The normalized spacial score (nSPS) is 10.5. The Kier molecular flexibility index (Phi) is 2.39. The monoisotopic (exact) mass is 209 g/mol. The Labute approximate surface area is 84.3 Å². The Bertz CT molecular complexity index is 506. The summed E-state index contributed by atoms with van der Waals surface area (Å²) in [6.07, 6.45) is 1.33. The Morgan fingerprint density at radius 1 is 1.53 bits per heavy atom. The van der Waals surface area contributed by atoms with Gasteiger partial charge in [-0.15, -0.1) is 0 Å². The number of nitrogens with one attached hydrogen (secondary N) is 1. The van der Waals surface area contributed by atoms with Crippen LogP contribution in [0.4, 0.5) is 4.39 Å². The molecule has 1 heterocycles. The first kappa shape index (κ1) is 9.67. The molecule has 0 bridgehead atoms. The van der Waals surface area contributed by atoms with E-state index in [2.05, 4.69) is 0 Å². The summed E-state index contributed by atoms with van der Waals surface area (Å²) >= 11 is 0. The SMILES string of the molecule is O=C(Cc1coc2ccc(F)cc12)NO. The molecule has 0 saturated heterocycles. The molecule has 1 amide bonds. The van der Waals surface area contributed by atoms with Crippen molar-refractivity contribution in [1.82, 2.24) is 5.48 Å². The van der Waals surface area contributed by atoms with E-state index in [-0.39, 0.29) is 6.42 Å². The first-order chi connectivity index (χ1) is 7.20. The molecule has 0 radical (unpaired) electrons. The fourth-order valence-electron chi connectivity index (χ4n) is 1.40. The largest absolute Gasteiger partial charge is 0.464 e. The molecule has 0 aliphatic rings. The lowest BCUT2D eigenvalue weighted by Gasteiger charge is -1.96. The second-order valence-corrected chi connectivity index (χ2v) is 3.11. The van der Waals surface area contributed by atoms with E-state index >= 15 is 0 Å². The number of hydroxylamine groups is 1. The Morgan fingerprint density at radius 3 is 3.07 bits per heavy atom. The quantitative estimate of drug-likeness (QED) is 0.583. The molecule has 0 spiro atoms. The Hall–Kier alpha value is -1.88. The molecule has 2 aromatic rings. The van der Waals surface area contributed by atoms with Gasteiger partial charge in [0.05, 0.1) is 12.7 Å². The van der Waals surface area contributed by atoms with Crippen molar-refractivity contribution in [3.63, 3.8) is 0 Å². The molecule has 2 rings (SSSR count). The number of amides is 1. The van der Waals surface area contributed by atoms with Gasteiger partial charge in [0.25, 0.3) is 0 Å². The van der Waals surface area contributed by atoms with Gasteiger partial charge in [0.2, 0.25) is 5.91 Å². The highest BCUT2D eigenvalue weighted by atomic mass is 19.1. The predicted octanol–water partition coefficient (Wildman–Crippen LogP) is 1.62. The van der Waals surface area contributed by atoms with Gasteiger partial charge in [-0.3, -0.25) is 10.0 Å². The van der Waals surface area contributed by atoms with Crippen molar-refractivity contribution in [2.45, 2.75) is 6.42 Å². The molecule has 1 aromatic heterocycles. The number of fused-ring (bicyclic) bond motifs is 1. The molecule has 0 atom stereocenters. The molecule has 1 aromatic carbocycles. The first-order valence-corrected chi connectivity index (χ1v) is 4.29. The minimum absolute atomic E-state index is 0.0487. The fourth-order valence-corrected chi connectivity index (χ4v) is 1.40. The van der Waals surface area contributed by atoms with Gasteiger partial charge in [-0.1, -0.05) is 0 Å². The summed E-state index contributed by atoms with van der Waals surface area (Å²) in [7, 11) is 0. The Morgan fingerprint density at radius 2 is 2.33 bits per heavy atom. The smallest absolute Gasteiger partial charge is 0.247 e. The molecule has 78 valence electrons. The lowest BCUT2D eigenvalue weighted by atomic mass is 10.1. The number of rotatable bonds is 2. The maximum Gasteiger partial charge on any atom is 0.247 e. The van der Waals surface area contributed by atoms with Gasteiger partial charge in [-0.2, -0.15) is 0 Å². The van der Waals surface area contributed by atoms with Crippen molar-refractivity contribution in [2.24, 2.45) is 0 Å². The molecule has 0 fully saturated rings. The van der Waals surface area contributed by atoms with E-state index in [1.807, 2.05) is 0 Å². The number of carbonyl (C=O) groups excluding carboxylic acids is 1. The zero-order valence-corrected chi connectivity index (χ0v) is 7.66. The van der Waals surface area contributed by atoms with Crippen LogP contribution in [-0.2, 0) is 11.2 Å². The van der Waals surface area contributed by atoms with Crippen LogP contribution in [0, 0.1) is 5.82 Å². The zero-order chi connectivity index (χ0) is 10.8. The lowest BCUT2D eigenvalue weighted by Crippen LogP contribution is -2.20. The van der Waals surface area contributed by atoms with Gasteiger partial charge in [0, 0.05) is 10.9 Å². The maximum absolute atomic E-state index is 12.9. The summed E-state index contributed by atoms with van der Waals surface area (Å²) in [5.74, 6) is -0.962. The van der Waals surface area contributed by atoms with E-state index in [0.717, 1.165) is 0 Å². The standard InChI is InChI=1S/C10H8FNO3/c11-7-1-2-9-8(4-7)6(5-15-9)3-10(13)12-14/h1-2,4-5,14H,3H2,(H,12,13). The van der Waals surface area contributed by atoms with E-state index in [0.29, 0.717) is 16.5 Å². The fraction of sp³-hybridized carbons (Fsp3) is 0.100. The van der Waals surface area contributed by atoms with Crippen LogP contribution < -0.4 is 5.48 Å². The van der Waals surface area contributed by atoms with E-state index < -0.39 is 11.7 Å². The van der Waals surface area contributed by atoms with Crippen LogP contribution in [0.25, 0.3) is 11.0 Å². The van der Waals surface area contributed by atoms with Crippen molar-refractivity contribution in [1.29, 1.82) is 0 Å². The van der Waals surface area contributed by atoms with Gasteiger partial charge in [0.15, 0.2) is 0 Å².